The van der Waals surface area contributed by atoms with Gasteiger partial charge in [-0.25, -0.2) is 0 Å². The number of ether oxygens (including phenoxy) is 2. The average Bonchev–Trinajstić information content (AvgIpc) is 3.50. The second-order valence-electron chi connectivity index (χ2n) is 19.4. The number of carbonyl (C=O) groups is 1. The molecule has 5 aliphatic rings. The minimum atomic E-state index is -0.613. The molecule has 1 aromatic rings. The molecule has 2 bridgehead atoms. The van der Waals surface area contributed by atoms with Crippen LogP contribution in [-0.4, -0.2) is 57.3 Å². The van der Waals surface area contributed by atoms with Crippen molar-refractivity contribution in [3.63, 3.8) is 0 Å². The van der Waals surface area contributed by atoms with E-state index in [2.05, 4.69) is 97.0 Å². The molecular formula is C39H64N4O4. The lowest BCUT2D eigenvalue weighted by atomic mass is 9.34. The molecule has 8 nitrogen and oxygen atoms in total. The number of hydrogen-bond acceptors (Lipinski definition) is 6. The number of fused-ring (bicyclic) bond motifs is 3. The van der Waals surface area contributed by atoms with E-state index in [1.807, 2.05) is 12.7 Å². The molecule has 264 valence electrons. The summed E-state index contributed by atoms with van der Waals surface area (Å²) >= 11 is 0. The molecule has 47 heavy (non-hydrogen) atoms. The number of aliphatic carboxylic acids is 1. The van der Waals surface area contributed by atoms with Gasteiger partial charge in [-0.3, -0.25) is 4.79 Å². The van der Waals surface area contributed by atoms with Crippen LogP contribution in [0, 0.1) is 62.1 Å². The summed E-state index contributed by atoms with van der Waals surface area (Å²) in [5.41, 5.74) is 6.75. The predicted molar refractivity (Wildman–Crippen MR) is 184 cm³/mol. The van der Waals surface area contributed by atoms with E-state index in [-0.39, 0.29) is 44.6 Å². The molecule has 0 spiro atoms. The van der Waals surface area contributed by atoms with Crippen LogP contribution in [-0.2, 0) is 14.3 Å². The zero-order valence-corrected chi connectivity index (χ0v) is 31.2. The van der Waals surface area contributed by atoms with Gasteiger partial charge in [0.1, 0.15) is 12.7 Å². The van der Waals surface area contributed by atoms with Crippen LogP contribution < -0.4 is 5.73 Å². The average molecular weight is 653 g/mol. The standard InChI is InChI=1S/C39H64N4O4/c1-24(2)25(3)34(7)16-17-36(9)26-12-13-29-35(8)19-46-21-39(29,27(26)14-15-37(36,10)30(34)32(44)45)18-28(43-22-41-42-23-43)31(35)47-20-38(11,40)33(4,5)6/h14,22-26,28-31H,12-13,15-21,40H2,1-11H3,(H,44,45)/t25-,26+,28-,29+,30-,31+,34-,35?,36-,37+,38+,39+/m1/s1. The van der Waals surface area contributed by atoms with Gasteiger partial charge in [0, 0.05) is 16.4 Å². The summed E-state index contributed by atoms with van der Waals surface area (Å²) in [5, 5.41) is 19.5. The Morgan fingerprint density at radius 1 is 1.06 bits per heavy atom. The number of nitrogens with two attached hydrogens (primary N) is 1. The number of hydrogen-bond donors (Lipinski definition) is 2. The van der Waals surface area contributed by atoms with Gasteiger partial charge in [-0.05, 0) is 90.8 Å². The van der Waals surface area contributed by atoms with Crippen molar-refractivity contribution in [3.05, 3.63) is 24.3 Å². The number of carboxylic acids is 1. The fourth-order valence-electron chi connectivity index (χ4n) is 12.0. The smallest absolute Gasteiger partial charge is 0.307 e. The van der Waals surface area contributed by atoms with Gasteiger partial charge >= 0.3 is 5.97 Å². The van der Waals surface area contributed by atoms with E-state index in [1.165, 1.54) is 0 Å². The Bertz CT molecular complexity index is 1380. The Hall–Kier alpha value is -1.77. The number of nitrogens with zero attached hydrogens (tertiary/aromatic N) is 3. The maximum Gasteiger partial charge on any atom is 0.307 e. The Labute approximate surface area is 284 Å². The normalized spacial score (nSPS) is 45.2. The zero-order valence-electron chi connectivity index (χ0n) is 31.2. The second kappa shape index (κ2) is 11.1. The van der Waals surface area contributed by atoms with Crippen molar-refractivity contribution in [1.82, 2.24) is 14.8 Å². The van der Waals surface area contributed by atoms with Crippen molar-refractivity contribution >= 4 is 5.97 Å². The Morgan fingerprint density at radius 3 is 2.32 bits per heavy atom. The monoisotopic (exact) mass is 652 g/mol. The van der Waals surface area contributed by atoms with E-state index in [0.717, 1.165) is 38.5 Å². The first kappa shape index (κ1) is 35.1. The van der Waals surface area contributed by atoms with Crippen molar-refractivity contribution in [2.45, 2.75) is 132 Å². The third-order valence-electron chi connectivity index (χ3n) is 16.2. The summed E-state index contributed by atoms with van der Waals surface area (Å²) in [6.45, 7) is 26.7. The van der Waals surface area contributed by atoms with E-state index in [9.17, 15) is 9.90 Å². The Balaban J connectivity index is 1.43. The summed E-state index contributed by atoms with van der Waals surface area (Å²) in [6, 6.07) is 0.0417. The lowest BCUT2D eigenvalue weighted by molar-refractivity contribution is -0.252. The molecule has 1 unspecified atom stereocenters. The van der Waals surface area contributed by atoms with Crippen molar-refractivity contribution < 1.29 is 19.4 Å². The summed E-state index contributed by atoms with van der Waals surface area (Å²) < 4.78 is 15.9. The highest BCUT2D eigenvalue weighted by molar-refractivity contribution is 5.73. The summed E-state index contributed by atoms with van der Waals surface area (Å²) in [7, 11) is 0. The summed E-state index contributed by atoms with van der Waals surface area (Å²) in [6.07, 6.45) is 12.0. The lowest BCUT2D eigenvalue weighted by Gasteiger charge is -2.71. The van der Waals surface area contributed by atoms with E-state index in [0.29, 0.717) is 43.5 Å². The molecule has 1 aromatic heterocycles. The Morgan fingerprint density at radius 2 is 1.72 bits per heavy atom. The molecule has 12 atom stereocenters. The van der Waals surface area contributed by atoms with Gasteiger partial charge in [-0.1, -0.05) is 80.9 Å². The quantitative estimate of drug-likeness (QED) is 0.293. The van der Waals surface area contributed by atoms with Gasteiger partial charge in [0.25, 0.3) is 0 Å². The predicted octanol–water partition coefficient (Wildman–Crippen LogP) is 7.56. The first-order chi connectivity index (χ1) is 21.7. The SMILES string of the molecule is CC(C)[C@@H](C)[C@@]1(C)CC[C@]2(C)[C@H]3CC[C@H]4C5(C)COC[C@@]4(C[C@@H](n4cnnc4)[C@@H]5OC[C@](C)(N)C(C)(C)C)C3=CC[C@@]2(C)[C@@H]1C(=O)O. The van der Waals surface area contributed by atoms with Gasteiger partial charge < -0.3 is 24.9 Å². The van der Waals surface area contributed by atoms with Crippen LogP contribution in [0.4, 0.5) is 0 Å². The largest absolute Gasteiger partial charge is 0.481 e. The van der Waals surface area contributed by atoms with Gasteiger partial charge in [-0.2, -0.15) is 0 Å². The van der Waals surface area contributed by atoms with Crippen LogP contribution in [0.25, 0.3) is 0 Å². The molecule has 1 saturated heterocycles. The molecule has 0 amide bonds. The molecule has 3 saturated carbocycles. The molecule has 0 aromatic carbocycles. The fraction of sp³-hybridized carbons (Fsp3) is 0.872. The van der Waals surface area contributed by atoms with Crippen molar-refractivity contribution in [3.8, 4) is 0 Å². The first-order valence-electron chi connectivity index (χ1n) is 18.5. The highest BCUT2D eigenvalue weighted by Gasteiger charge is 2.72. The Kier molecular flexibility index (Phi) is 8.29. The highest BCUT2D eigenvalue weighted by atomic mass is 16.5. The number of rotatable bonds is 7. The van der Waals surface area contributed by atoms with E-state index in [1.54, 1.807) is 5.57 Å². The number of allylic oxidation sites excluding steroid dienone is 1. The first-order valence-corrected chi connectivity index (χ1v) is 18.5. The molecular weight excluding hydrogens is 588 g/mol. The molecule has 8 heteroatoms. The zero-order chi connectivity index (χ0) is 34.6. The van der Waals surface area contributed by atoms with Crippen LogP contribution in [0.3, 0.4) is 0 Å². The van der Waals surface area contributed by atoms with Crippen LogP contribution in [0.5, 0.6) is 0 Å². The van der Waals surface area contributed by atoms with Gasteiger partial charge in [0.2, 0.25) is 0 Å². The highest BCUT2D eigenvalue weighted by Crippen LogP contribution is 2.75. The van der Waals surface area contributed by atoms with Crippen molar-refractivity contribution in [2.75, 3.05) is 19.8 Å². The van der Waals surface area contributed by atoms with Gasteiger partial charge in [0.05, 0.1) is 37.9 Å². The van der Waals surface area contributed by atoms with E-state index >= 15 is 0 Å². The third-order valence-corrected chi connectivity index (χ3v) is 16.2. The third kappa shape index (κ3) is 4.80. The minimum Gasteiger partial charge on any atom is -0.481 e. The fourth-order valence-corrected chi connectivity index (χ4v) is 12.0. The van der Waals surface area contributed by atoms with Crippen LogP contribution in [0.15, 0.2) is 24.3 Å². The number of aromatic nitrogens is 3. The number of carboxylic acid groups (broad SMARTS) is 1. The van der Waals surface area contributed by atoms with E-state index < -0.39 is 17.4 Å². The van der Waals surface area contributed by atoms with Crippen LogP contribution >= 0.6 is 0 Å². The molecule has 2 heterocycles. The second-order valence-corrected chi connectivity index (χ2v) is 19.4. The molecule has 4 aliphatic carbocycles. The molecule has 6 rings (SSSR count). The molecule has 4 fully saturated rings. The lowest BCUT2D eigenvalue weighted by Crippen LogP contribution is -2.69. The molecule has 3 N–H and O–H groups in total. The summed E-state index contributed by atoms with van der Waals surface area (Å²) in [5.74, 6) is 0.485. The topological polar surface area (TPSA) is 112 Å². The van der Waals surface area contributed by atoms with Crippen molar-refractivity contribution in [2.24, 2.45) is 67.8 Å². The van der Waals surface area contributed by atoms with Crippen molar-refractivity contribution in [1.29, 1.82) is 0 Å². The van der Waals surface area contributed by atoms with Crippen LogP contribution in [0.2, 0.25) is 0 Å². The maximum atomic E-state index is 13.4. The molecule has 0 radical (unpaired) electrons. The molecule has 1 aliphatic heterocycles. The summed E-state index contributed by atoms with van der Waals surface area (Å²) in [4.78, 5) is 13.4. The van der Waals surface area contributed by atoms with Gasteiger partial charge in [-0.15, -0.1) is 10.2 Å². The van der Waals surface area contributed by atoms with Crippen LogP contribution in [0.1, 0.15) is 121 Å². The maximum absolute atomic E-state index is 13.4. The minimum absolute atomic E-state index is 0.0417. The van der Waals surface area contributed by atoms with Gasteiger partial charge in [0.15, 0.2) is 0 Å². The van der Waals surface area contributed by atoms with E-state index in [4.69, 9.17) is 15.2 Å².